The Morgan fingerprint density at radius 3 is 2.90 bits per heavy atom. The molecule has 1 aromatic rings. The van der Waals surface area contributed by atoms with Crippen LogP contribution in [0.25, 0.3) is 0 Å². The van der Waals surface area contributed by atoms with Crippen LogP contribution in [0.4, 0.5) is 4.79 Å². The molecule has 0 aromatic carbocycles. The van der Waals surface area contributed by atoms with E-state index in [9.17, 15) is 14.7 Å². The minimum Gasteiger partial charge on any atom is -0.480 e. The van der Waals surface area contributed by atoms with E-state index in [0.29, 0.717) is 12.3 Å². The summed E-state index contributed by atoms with van der Waals surface area (Å²) in [4.78, 5) is 24.8. The number of carbonyl (C=O) groups excluding carboxylic acids is 1. The number of nitrogens with zero attached hydrogens (tertiary/aromatic N) is 3. The minimum absolute atomic E-state index is 0.0835. The maximum atomic E-state index is 12.2. The maximum absolute atomic E-state index is 12.2. The first-order valence-corrected chi connectivity index (χ1v) is 7.47. The number of amides is 2. The number of aromatic nitrogens is 2. The van der Waals surface area contributed by atoms with Crippen molar-refractivity contribution in [2.45, 2.75) is 31.3 Å². The summed E-state index contributed by atoms with van der Waals surface area (Å²) in [6.45, 7) is 2.24. The first kappa shape index (κ1) is 14.7. The molecule has 0 bridgehead atoms. The summed E-state index contributed by atoms with van der Waals surface area (Å²) in [5.41, 5.74) is 0.743. The zero-order valence-electron chi connectivity index (χ0n) is 11.4. The quantitative estimate of drug-likeness (QED) is 0.861. The molecule has 1 saturated heterocycles. The monoisotopic (exact) mass is 298 g/mol. The third-order valence-electron chi connectivity index (χ3n) is 3.15. The van der Waals surface area contributed by atoms with Gasteiger partial charge in [-0.15, -0.1) is 11.8 Å². The molecular weight excluding hydrogens is 280 g/mol. The van der Waals surface area contributed by atoms with Crippen molar-refractivity contribution in [3.63, 3.8) is 0 Å². The second-order valence-electron chi connectivity index (χ2n) is 4.60. The molecule has 1 aromatic heterocycles. The largest absolute Gasteiger partial charge is 0.480 e. The normalized spacial score (nSPS) is 22.0. The Morgan fingerprint density at radius 1 is 1.60 bits per heavy atom. The molecule has 7 nitrogen and oxygen atoms in total. The standard InChI is InChI=1S/C12H18N4O3S/c1-3-10-16(9(7-20-10)11(17)18)12(19)13-6-8-4-5-15(2)14-8/h4-5,9-10H,3,6-7H2,1-2H3,(H,13,19)(H,17,18). The van der Waals surface area contributed by atoms with E-state index in [1.807, 2.05) is 13.0 Å². The average molecular weight is 298 g/mol. The molecule has 1 fully saturated rings. The molecule has 0 spiro atoms. The molecule has 1 aliphatic heterocycles. The third-order valence-corrected chi connectivity index (χ3v) is 4.60. The Balaban J connectivity index is 2.00. The van der Waals surface area contributed by atoms with Gasteiger partial charge in [-0.2, -0.15) is 5.10 Å². The molecule has 2 unspecified atom stereocenters. The Kier molecular flexibility index (Phi) is 4.53. The van der Waals surface area contributed by atoms with Crippen LogP contribution in [0, 0.1) is 0 Å². The number of thioether (sulfide) groups is 1. The summed E-state index contributed by atoms with van der Waals surface area (Å²) in [6.07, 6.45) is 2.52. The van der Waals surface area contributed by atoms with Crippen molar-refractivity contribution in [2.75, 3.05) is 5.75 Å². The molecule has 20 heavy (non-hydrogen) atoms. The van der Waals surface area contributed by atoms with Gasteiger partial charge in [-0.05, 0) is 12.5 Å². The van der Waals surface area contributed by atoms with Crippen molar-refractivity contribution >= 4 is 23.8 Å². The number of aliphatic carboxylic acids is 1. The Hall–Kier alpha value is -1.70. The number of hydrogen-bond acceptors (Lipinski definition) is 4. The van der Waals surface area contributed by atoms with Crippen LogP contribution in [0.5, 0.6) is 0 Å². The van der Waals surface area contributed by atoms with Gasteiger partial charge in [0.15, 0.2) is 0 Å². The minimum atomic E-state index is -0.957. The van der Waals surface area contributed by atoms with Crippen LogP contribution in [0.2, 0.25) is 0 Å². The van der Waals surface area contributed by atoms with E-state index in [-0.39, 0.29) is 11.4 Å². The third kappa shape index (κ3) is 3.06. The Bertz CT molecular complexity index is 505. The lowest BCUT2D eigenvalue weighted by atomic mass is 10.3. The zero-order valence-corrected chi connectivity index (χ0v) is 12.3. The van der Waals surface area contributed by atoms with Gasteiger partial charge in [0.1, 0.15) is 6.04 Å². The molecule has 8 heteroatoms. The number of nitrogens with one attached hydrogen (secondary N) is 1. The maximum Gasteiger partial charge on any atom is 0.327 e. The van der Waals surface area contributed by atoms with Crippen molar-refractivity contribution in [1.82, 2.24) is 20.0 Å². The fourth-order valence-corrected chi connectivity index (χ4v) is 3.50. The van der Waals surface area contributed by atoms with Gasteiger partial charge in [0.2, 0.25) is 0 Å². The van der Waals surface area contributed by atoms with Crippen LogP contribution in [0.1, 0.15) is 19.0 Å². The van der Waals surface area contributed by atoms with Gasteiger partial charge >= 0.3 is 12.0 Å². The fourth-order valence-electron chi connectivity index (χ4n) is 2.16. The summed E-state index contributed by atoms with van der Waals surface area (Å²) in [5.74, 6) is -0.522. The molecule has 2 heterocycles. The summed E-state index contributed by atoms with van der Waals surface area (Å²) < 4.78 is 1.65. The molecule has 2 rings (SSSR count). The van der Waals surface area contributed by atoms with Crippen LogP contribution < -0.4 is 5.32 Å². The lowest BCUT2D eigenvalue weighted by Gasteiger charge is -2.26. The van der Waals surface area contributed by atoms with Crippen molar-refractivity contribution < 1.29 is 14.7 Å². The number of aryl methyl sites for hydroxylation is 1. The smallest absolute Gasteiger partial charge is 0.327 e. The average Bonchev–Trinajstić information content (AvgIpc) is 3.01. The van der Waals surface area contributed by atoms with Gasteiger partial charge in [-0.1, -0.05) is 6.92 Å². The highest BCUT2D eigenvalue weighted by Gasteiger charge is 2.40. The van der Waals surface area contributed by atoms with E-state index in [1.165, 1.54) is 16.7 Å². The molecule has 2 amide bonds. The van der Waals surface area contributed by atoms with Crippen LogP contribution in [0.3, 0.4) is 0 Å². The predicted octanol–water partition coefficient (Wildman–Crippen LogP) is 0.868. The lowest BCUT2D eigenvalue weighted by Crippen LogP contribution is -2.49. The van der Waals surface area contributed by atoms with E-state index in [1.54, 1.807) is 17.9 Å². The van der Waals surface area contributed by atoms with Gasteiger partial charge in [-0.3, -0.25) is 9.58 Å². The summed E-state index contributed by atoms with van der Waals surface area (Å²) in [6, 6.07) is 0.707. The fraction of sp³-hybridized carbons (Fsp3) is 0.583. The van der Waals surface area contributed by atoms with Gasteiger partial charge < -0.3 is 10.4 Å². The number of carbonyl (C=O) groups is 2. The molecule has 1 aliphatic rings. The first-order valence-electron chi connectivity index (χ1n) is 6.42. The SMILES string of the molecule is CCC1SCC(C(=O)O)N1C(=O)NCc1ccn(C)n1. The molecule has 0 aliphatic carbocycles. The van der Waals surface area contributed by atoms with E-state index in [0.717, 1.165) is 12.1 Å². The number of carboxylic acids is 1. The number of hydrogen-bond donors (Lipinski definition) is 2. The van der Waals surface area contributed by atoms with E-state index >= 15 is 0 Å². The Morgan fingerprint density at radius 2 is 2.35 bits per heavy atom. The van der Waals surface area contributed by atoms with Gasteiger partial charge in [0.05, 0.1) is 17.6 Å². The van der Waals surface area contributed by atoms with Gasteiger partial charge in [-0.25, -0.2) is 9.59 Å². The van der Waals surface area contributed by atoms with Crippen molar-refractivity contribution in [3.05, 3.63) is 18.0 Å². The summed E-state index contributed by atoms with van der Waals surface area (Å²) in [5, 5.41) is 16.0. The lowest BCUT2D eigenvalue weighted by molar-refractivity contribution is -0.141. The Labute approximate surface area is 121 Å². The first-order chi connectivity index (χ1) is 9.52. The van der Waals surface area contributed by atoms with E-state index < -0.39 is 12.0 Å². The molecule has 0 saturated carbocycles. The van der Waals surface area contributed by atoms with E-state index in [4.69, 9.17) is 0 Å². The van der Waals surface area contributed by atoms with Crippen LogP contribution in [-0.4, -0.2) is 49.0 Å². The second-order valence-corrected chi connectivity index (χ2v) is 5.81. The van der Waals surface area contributed by atoms with Crippen molar-refractivity contribution in [2.24, 2.45) is 7.05 Å². The second kappa shape index (κ2) is 6.17. The molecule has 2 N–H and O–H groups in total. The van der Waals surface area contributed by atoms with Gasteiger partial charge in [0, 0.05) is 19.0 Å². The van der Waals surface area contributed by atoms with Crippen molar-refractivity contribution in [3.8, 4) is 0 Å². The number of rotatable bonds is 4. The molecule has 2 atom stereocenters. The topological polar surface area (TPSA) is 87.5 Å². The van der Waals surface area contributed by atoms with Crippen molar-refractivity contribution in [1.29, 1.82) is 0 Å². The summed E-state index contributed by atoms with van der Waals surface area (Å²) in [7, 11) is 1.80. The highest BCUT2D eigenvalue weighted by molar-refractivity contribution is 8.00. The number of urea groups is 1. The number of carboxylic acid groups (broad SMARTS) is 1. The highest BCUT2D eigenvalue weighted by Crippen LogP contribution is 2.31. The van der Waals surface area contributed by atoms with Crippen LogP contribution >= 0.6 is 11.8 Å². The molecular formula is C12H18N4O3S. The predicted molar refractivity (Wildman–Crippen MR) is 75.2 cm³/mol. The van der Waals surface area contributed by atoms with Gasteiger partial charge in [0.25, 0.3) is 0 Å². The zero-order chi connectivity index (χ0) is 14.7. The van der Waals surface area contributed by atoms with E-state index in [2.05, 4.69) is 10.4 Å². The molecule has 110 valence electrons. The summed E-state index contributed by atoms with van der Waals surface area (Å²) >= 11 is 1.51. The van der Waals surface area contributed by atoms with Crippen LogP contribution in [-0.2, 0) is 18.4 Å². The molecule has 0 radical (unpaired) electrons. The van der Waals surface area contributed by atoms with Crippen LogP contribution in [0.15, 0.2) is 12.3 Å². The highest BCUT2D eigenvalue weighted by atomic mass is 32.2.